The first-order valence-corrected chi connectivity index (χ1v) is 6.97. The van der Waals surface area contributed by atoms with E-state index in [0.717, 1.165) is 5.56 Å². The maximum atomic E-state index is 13.8. The molecule has 0 aliphatic rings. The van der Waals surface area contributed by atoms with Crippen LogP contribution in [0.2, 0.25) is 0 Å². The minimum absolute atomic E-state index is 0.0285. The molecule has 2 rings (SSSR count). The third-order valence-corrected chi connectivity index (χ3v) is 3.01. The highest BCUT2D eigenvalue weighted by Gasteiger charge is 2.10. The van der Waals surface area contributed by atoms with Gasteiger partial charge in [0.25, 0.3) is 0 Å². The van der Waals surface area contributed by atoms with Crippen molar-refractivity contribution < 1.29 is 9.13 Å². The van der Waals surface area contributed by atoms with Crippen LogP contribution < -0.4 is 10.1 Å². The maximum absolute atomic E-state index is 13.8. The van der Waals surface area contributed by atoms with E-state index in [2.05, 4.69) is 31.2 Å². The van der Waals surface area contributed by atoms with Crippen molar-refractivity contribution in [2.24, 2.45) is 7.05 Å². The molecule has 0 aliphatic carbocycles. The number of aromatic nitrogens is 2. The molecule has 1 aromatic heterocycles. The Labute approximate surface area is 124 Å². The van der Waals surface area contributed by atoms with E-state index in [9.17, 15) is 4.39 Å². The number of benzene rings is 1. The number of ether oxygens (including phenoxy) is 1. The van der Waals surface area contributed by atoms with Crippen molar-refractivity contribution in [2.45, 2.75) is 39.5 Å². The smallest absolute Gasteiger partial charge is 0.157 e. The lowest BCUT2D eigenvalue weighted by molar-refractivity contribution is 0.299. The fourth-order valence-corrected chi connectivity index (χ4v) is 1.85. The summed E-state index contributed by atoms with van der Waals surface area (Å²) < 4.78 is 21.0. The van der Waals surface area contributed by atoms with E-state index in [4.69, 9.17) is 4.74 Å². The van der Waals surface area contributed by atoms with Gasteiger partial charge in [0.05, 0.1) is 12.4 Å². The molecule has 0 amide bonds. The van der Waals surface area contributed by atoms with E-state index in [-0.39, 0.29) is 18.0 Å². The van der Waals surface area contributed by atoms with Crippen molar-refractivity contribution in [2.75, 3.05) is 0 Å². The van der Waals surface area contributed by atoms with Gasteiger partial charge in [0.1, 0.15) is 12.4 Å². The number of aryl methyl sites for hydroxylation is 1. The Balaban J connectivity index is 2.01. The molecular weight excluding hydrogens is 269 g/mol. The Kier molecular flexibility index (Phi) is 4.63. The van der Waals surface area contributed by atoms with Crippen LogP contribution in [0.4, 0.5) is 4.39 Å². The molecule has 21 heavy (non-hydrogen) atoms. The quantitative estimate of drug-likeness (QED) is 0.920. The average molecular weight is 291 g/mol. The number of rotatable bonds is 5. The van der Waals surface area contributed by atoms with Gasteiger partial charge in [-0.15, -0.1) is 0 Å². The van der Waals surface area contributed by atoms with Crippen LogP contribution in [0, 0.1) is 5.82 Å². The fourth-order valence-electron chi connectivity index (χ4n) is 1.85. The molecular formula is C16H22FN3O. The van der Waals surface area contributed by atoms with Gasteiger partial charge >= 0.3 is 0 Å². The molecule has 0 bridgehead atoms. The Bertz CT molecular complexity index is 602. The summed E-state index contributed by atoms with van der Waals surface area (Å²) in [4.78, 5) is 0. The molecule has 2 aromatic rings. The highest BCUT2D eigenvalue weighted by molar-refractivity contribution is 5.25. The molecule has 1 N–H and O–H groups in total. The number of hydrogen-bond acceptors (Lipinski definition) is 3. The zero-order chi connectivity index (χ0) is 15.5. The highest BCUT2D eigenvalue weighted by atomic mass is 19.1. The minimum atomic E-state index is -0.251. The van der Waals surface area contributed by atoms with Crippen molar-refractivity contribution in [1.82, 2.24) is 15.1 Å². The Morgan fingerprint density at radius 2 is 2.10 bits per heavy atom. The van der Waals surface area contributed by atoms with Crippen molar-refractivity contribution in [3.8, 4) is 5.75 Å². The topological polar surface area (TPSA) is 39.1 Å². The first kappa shape index (κ1) is 15.5. The number of hydrogen-bond donors (Lipinski definition) is 1. The van der Waals surface area contributed by atoms with Gasteiger partial charge in [0, 0.05) is 24.7 Å². The van der Waals surface area contributed by atoms with Gasteiger partial charge in [-0.3, -0.25) is 4.68 Å². The van der Waals surface area contributed by atoms with E-state index in [1.807, 2.05) is 13.1 Å². The number of halogens is 1. The summed E-state index contributed by atoms with van der Waals surface area (Å²) in [5, 5.41) is 7.40. The molecule has 1 heterocycles. The SMILES string of the molecule is Cn1cc(OCc2cc(CNC(C)(C)C)ccc2F)cn1. The summed E-state index contributed by atoms with van der Waals surface area (Å²) in [7, 11) is 1.81. The predicted molar refractivity (Wildman–Crippen MR) is 80.5 cm³/mol. The van der Waals surface area contributed by atoms with E-state index >= 15 is 0 Å². The second-order valence-corrected chi connectivity index (χ2v) is 6.17. The molecule has 114 valence electrons. The normalized spacial score (nSPS) is 11.7. The van der Waals surface area contributed by atoms with E-state index < -0.39 is 0 Å². The summed E-state index contributed by atoms with van der Waals surface area (Å²) >= 11 is 0. The number of nitrogens with one attached hydrogen (secondary N) is 1. The van der Waals surface area contributed by atoms with Crippen molar-refractivity contribution in [1.29, 1.82) is 0 Å². The second kappa shape index (κ2) is 6.26. The van der Waals surface area contributed by atoms with Crippen molar-refractivity contribution >= 4 is 0 Å². The molecule has 0 spiro atoms. The van der Waals surface area contributed by atoms with Crippen LogP contribution in [0.25, 0.3) is 0 Å². The Hall–Kier alpha value is -1.88. The van der Waals surface area contributed by atoms with Gasteiger partial charge in [-0.05, 0) is 38.5 Å². The van der Waals surface area contributed by atoms with E-state index in [1.54, 1.807) is 23.1 Å². The largest absolute Gasteiger partial charge is 0.486 e. The molecule has 0 saturated heterocycles. The van der Waals surface area contributed by atoms with Crippen LogP contribution in [0.15, 0.2) is 30.6 Å². The maximum Gasteiger partial charge on any atom is 0.157 e. The van der Waals surface area contributed by atoms with Crippen LogP contribution in [-0.4, -0.2) is 15.3 Å². The molecule has 0 fully saturated rings. The zero-order valence-corrected chi connectivity index (χ0v) is 13.0. The molecule has 4 nitrogen and oxygen atoms in total. The van der Waals surface area contributed by atoms with Crippen LogP contribution in [0.3, 0.4) is 0 Å². The average Bonchev–Trinajstić information content (AvgIpc) is 2.81. The van der Waals surface area contributed by atoms with Gasteiger partial charge in [0.15, 0.2) is 5.75 Å². The lowest BCUT2D eigenvalue weighted by atomic mass is 10.1. The highest BCUT2D eigenvalue weighted by Crippen LogP contribution is 2.15. The lowest BCUT2D eigenvalue weighted by Crippen LogP contribution is -2.35. The fraction of sp³-hybridized carbons (Fsp3) is 0.438. The standard InChI is InChI=1S/C16H22FN3O/c1-16(2,3)18-8-12-5-6-15(17)13(7-12)11-21-14-9-19-20(4)10-14/h5-7,9-10,18H,8,11H2,1-4H3. The van der Waals surface area contributed by atoms with Gasteiger partial charge in [-0.2, -0.15) is 5.10 Å². The van der Waals surface area contributed by atoms with Gasteiger partial charge in [-0.1, -0.05) is 6.07 Å². The zero-order valence-electron chi connectivity index (χ0n) is 13.0. The van der Waals surface area contributed by atoms with Gasteiger partial charge in [-0.25, -0.2) is 4.39 Å². The van der Waals surface area contributed by atoms with Gasteiger partial charge in [0.2, 0.25) is 0 Å². The summed E-state index contributed by atoms with van der Waals surface area (Å²) in [6.45, 7) is 7.19. The first-order chi connectivity index (χ1) is 9.83. The van der Waals surface area contributed by atoms with Crippen LogP contribution >= 0.6 is 0 Å². The third-order valence-electron chi connectivity index (χ3n) is 3.01. The molecule has 5 heteroatoms. The molecule has 0 unspecified atom stereocenters. The van der Waals surface area contributed by atoms with Crippen molar-refractivity contribution in [3.05, 3.63) is 47.5 Å². The summed E-state index contributed by atoms with van der Waals surface area (Å²) in [5.41, 5.74) is 1.61. The molecule has 0 saturated carbocycles. The van der Waals surface area contributed by atoms with E-state index in [0.29, 0.717) is 17.9 Å². The minimum Gasteiger partial charge on any atom is -0.486 e. The Morgan fingerprint density at radius 1 is 1.33 bits per heavy atom. The third kappa shape index (κ3) is 4.86. The second-order valence-electron chi connectivity index (χ2n) is 6.17. The van der Waals surface area contributed by atoms with Gasteiger partial charge < -0.3 is 10.1 Å². The lowest BCUT2D eigenvalue weighted by Gasteiger charge is -2.20. The Morgan fingerprint density at radius 3 is 2.71 bits per heavy atom. The summed E-state index contributed by atoms with van der Waals surface area (Å²) in [6, 6.07) is 5.12. The summed E-state index contributed by atoms with van der Waals surface area (Å²) in [6.07, 6.45) is 3.37. The van der Waals surface area contributed by atoms with Crippen molar-refractivity contribution in [3.63, 3.8) is 0 Å². The molecule has 0 radical (unpaired) electrons. The van der Waals surface area contributed by atoms with Crippen LogP contribution in [0.5, 0.6) is 5.75 Å². The van der Waals surface area contributed by atoms with Crippen LogP contribution in [-0.2, 0) is 20.2 Å². The summed E-state index contributed by atoms with van der Waals surface area (Å²) in [5.74, 6) is 0.383. The number of nitrogens with zero attached hydrogens (tertiary/aromatic N) is 2. The molecule has 0 atom stereocenters. The van der Waals surface area contributed by atoms with E-state index in [1.165, 1.54) is 6.07 Å². The molecule has 0 aliphatic heterocycles. The molecule has 1 aromatic carbocycles. The van der Waals surface area contributed by atoms with Crippen LogP contribution in [0.1, 0.15) is 31.9 Å². The first-order valence-electron chi connectivity index (χ1n) is 6.97. The monoisotopic (exact) mass is 291 g/mol. The predicted octanol–water partition coefficient (Wildman–Crippen LogP) is 3.03.